The molecule has 17 heavy (non-hydrogen) atoms. The summed E-state index contributed by atoms with van der Waals surface area (Å²) in [6.45, 7) is 0.727. The molecule has 6 heteroatoms. The van der Waals surface area contributed by atoms with Gasteiger partial charge in [-0.25, -0.2) is 0 Å². The smallest absolute Gasteiger partial charge is 0.228 e. The number of nitrogens with zero attached hydrogens (tertiary/aromatic N) is 3. The number of aromatic nitrogens is 2. The molecule has 0 bridgehead atoms. The van der Waals surface area contributed by atoms with Gasteiger partial charge in [0.15, 0.2) is 5.82 Å². The van der Waals surface area contributed by atoms with Crippen LogP contribution in [-0.2, 0) is 16.6 Å². The van der Waals surface area contributed by atoms with Crippen LogP contribution < -0.4 is 5.32 Å². The van der Waals surface area contributed by atoms with Gasteiger partial charge < -0.3 is 10.1 Å². The van der Waals surface area contributed by atoms with E-state index < -0.39 is 0 Å². The molecule has 0 radical (unpaired) electrons. The van der Waals surface area contributed by atoms with Crippen LogP contribution in [0.4, 0.5) is 5.82 Å². The molecule has 6 nitrogen and oxygen atoms in total. The Morgan fingerprint density at radius 1 is 1.82 bits per heavy atom. The van der Waals surface area contributed by atoms with E-state index in [1.807, 2.05) is 6.07 Å². The van der Waals surface area contributed by atoms with E-state index in [0.29, 0.717) is 17.8 Å². The van der Waals surface area contributed by atoms with Crippen molar-refractivity contribution in [3.05, 3.63) is 11.8 Å². The zero-order valence-corrected chi connectivity index (χ0v) is 9.64. The Labute approximate surface area is 99.2 Å². The fraction of sp³-hybridized carbons (Fsp3) is 0.545. The van der Waals surface area contributed by atoms with Gasteiger partial charge in [-0.2, -0.15) is 10.4 Å². The predicted molar refractivity (Wildman–Crippen MR) is 60.1 cm³/mol. The molecule has 1 aromatic heterocycles. The van der Waals surface area contributed by atoms with E-state index in [-0.39, 0.29) is 12.0 Å². The third kappa shape index (κ3) is 2.82. The van der Waals surface area contributed by atoms with Crippen LogP contribution in [0.5, 0.6) is 0 Å². The van der Waals surface area contributed by atoms with Crippen molar-refractivity contribution in [2.24, 2.45) is 7.05 Å². The van der Waals surface area contributed by atoms with Crippen LogP contribution >= 0.6 is 0 Å². The number of hydrogen-bond acceptors (Lipinski definition) is 4. The average molecular weight is 234 g/mol. The van der Waals surface area contributed by atoms with Crippen LogP contribution in [0.3, 0.4) is 0 Å². The standard InChI is InChI=1S/C11H14N4O2/c1-15-7-8(6-12)11(14-15)13-10(16)5-9-3-2-4-17-9/h7,9H,2-5H2,1H3,(H,13,14,16). The molecule has 0 aliphatic carbocycles. The molecular formula is C11H14N4O2. The fourth-order valence-corrected chi connectivity index (χ4v) is 1.86. The van der Waals surface area contributed by atoms with Gasteiger partial charge in [0.2, 0.25) is 5.91 Å². The molecule has 1 aliphatic heterocycles. The second kappa shape index (κ2) is 4.97. The first-order chi connectivity index (χ1) is 8.19. The normalized spacial score (nSPS) is 18.9. The zero-order valence-electron chi connectivity index (χ0n) is 9.64. The highest BCUT2D eigenvalue weighted by atomic mass is 16.5. The Bertz CT molecular complexity index is 455. The Balaban J connectivity index is 1.95. The molecule has 0 spiro atoms. The summed E-state index contributed by atoms with van der Waals surface area (Å²) in [6, 6.07) is 1.99. The van der Waals surface area contributed by atoms with Crippen LogP contribution in [0.1, 0.15) is 24.8 Å². The van der Waals surface area contributed by atoms with Crippen molar-refractivity contribution in [1.82, 2.24) is 9.78 Å². The molecule has 1 amide bonds. The minimum Gasteiger partial charge on any atom is -0.378 e. The van der Waals surface area contributed by atoms with Crippen LogP contribution in [0.15, 0.2) is 6.20 Å². The van der Waals surface area contributed by atoms with Gasteiger partial charge in [-0.15, -0.1) is 0 Å². The minimum atomic E-state index is -0.160. The van der Waals surface area contributed by atoms with Crippen LogP contribution in [-0.4, -0.2) is 28.4 Å². The van der Waals surface area contributed by atoms with Crippen molar-refractivity contribution in [2.45, 2.75) is 25.4 Å². The van der Waals surface area contributed by atoms with Gasteiger partial charge in [0.1, 0.15) is 11.6 Å². The Morgan fingerprint density at radius 3 is 3.29 bits per heavy atom. The van der Waals surface area contributed by atoms with Crippen molar-refractivity contribution in [2.75, 3.05) is 11.9 Å². The molecule has 0 aromatic carbocycles. The van der Waals surface area contributed by atoms with Crippen molar-refractivity contribution in [3.8, 4) is 6.07 Å². The van der Waals surface area contributed by atoms with Gasteiger partial charge >= 0.3 is 0 Å². The van der Waals surface area contributed by atoms with Crippen molar-refractivity contribution in [3.63, 3.8) is 0 Å². The maximum atomic E-state index is 11.7. The molecule has 1 aromatic rings. The van der Waals surface area contributed by atoms with E-state index in [1.165, 1.54) is 4.68 Å². The van der Waals surface area contributed by atoms with Gasteiger partial charge in [0.05, 0.1) is 12.5 Å². The molecule has 1 N–H and O–H groups in total. The topological polar surface area (TPSA) is 79.9 Å². The quantitative estimate of drug-likeness (QED) is 0.838. The van der Waals surface area contributed by atoms with E-state index in [0.717, 1.165) is 19.4 Å². The molecule has 1 aliphatic rings. The molecule has 1 fully saturated rings. The van der Waals surface area contributed by atoms with Gasteiger partial charge in [0.25, 0.3) is 0 Å². The molecule has 1 unspecified atom stereocenters. The number of amides is 1. The molecule has 2 rings (SSSR count). The second-order valence-electron chi connectivity index (χ2n) is 4.06. The van der Waals surface area contributed by atoms with Crippen molar-refractivity contribution in [1.29, 1.82) is 5.26 Å². The van der Waals surface area contributed by atoms with Crippen LogP contribution in [0.2, 0.25) is 0 Å². The highest BCUT2D eigenvalue weighted by molar-refractivity contribution is 5.91. The first-order valence-electron chi connectivity index (χ1n) is 5.54. The SMILES string of the molecule is Cn1cc(C#N)c(NC(=O)CC2CCCO2)n1. The lowest BCUT2D eigenvalue weighted by Gasteiger charge is -2.08. The summed E-state index contributed by atoms with van der Waals surface area (Å²) < 4.78 is 6.87. The summed E-state index contributed by atoms with van der Waals surface area (Å²) in [5.74, 6) is 0.157. The average Bonchev–Trinajstić information content (AvgIpc) is 2.88. The fourth-order valence-electron chi connectivity index (χ4n) is 1.86. The maximum Gasteiger partial charge on any atom is 0.228 e. The van der Waals surface area contributed by atoms with Gasteiger partial charge in [0, 0.05) is 19.9 Å². The molecular weight excluding hydrogens is 220 g/mol. The van der Waals surface area contributed by atoms with Crippen molar-refractivity contribution >= 4 is 11.7 Å². The predicted octanol–water partition coefficient (Wildman–Crippen LogP) is 0.799. The number of nitriles is 1. The summed E-state index contributed by atoms with van der Waals surface area (Å²) in [5.41, 5.74) is 0.369. The molecule has 1 atom stereocenters. The minimum absolute atomic E-state index is 0.00393. The molecule has 2 heterocycles. The number of hydrogen-bond donors (Lipinski definition) is 1. The Kier molecular flexibility index (Phi) is 3.40. The number of ether oxygens (including phenoxy) is 1. The highest BCUT2D eigenvalue weighted by Crippen LogP contribution is 2.17. The Hall–Kier alpha value is -1.87. The van der Waals surface area contributed by atoms with E-state index in [1.54, 1.807) is 13.2 Å². The van der Waals surface area contributed by atoms with Gasteiger partial charge in [-0.05, 0) is 12.8 Å². The lowest BCUT2D eigenvalue weighted by molar-refractivity contribution is -0.118. The summed E-state index contributed by atoms with van der Waals surface area (Å²) in [6.07, 6.45) is 3.82. The Morgan fingerprint density at radius 2 is 2.65 bits per heavy atom. The number of anilines is 1. The largest absolute Gasteiger partial charge is 0.378 e. The summed E-state index contributed by atoms with van der Waals surface area (Å²) in [4.78, 5) is 11.7. The summed E-state index contributed by atoms with van der Waals surface area (Å²) in [7, 11) is 1.70. The molecule has 90 valence electrons. The van der Waals surface area contributed by atoms with Crippen molar-refractivity contribution < 1.29 is 9.53 Å². The van der Waals surface area contributed by atoms with E-state index in [2.05, 4.69) is 10.4 Å². The van der Waals surface area contributed by atoms with Crippen LogP contribution in [0.25, 0.3) is 0 Å². The highest BCUT2D eigenvalue weighted by Gasteiger charge is 2.20. The zero-order chi connectivity index (χ0) is 12.3. The number of carbonyl (C=O) groups excluding carboxylic acids is 1. The summed E-state index contributed by atoms with van der Waals surface area (Å²) in [5, 5.41) is 15.5. The first-order valence-corrected chi connectivity index (χ1v) is 5.54. The number of nitrogens with one attached hydrogen (secondary N) is 1. The monoisotopic (exact) mass is 234 g/mol. The molecule has 0 saturated carbocycles. The van der Waals surface area contributed by atoms with E-state index in [9.17, 15) is 4.79 Å². The molecule has 1 saturated heterocycles. The lowest BCUT2D eigenvalue weighted by Crippen LogP contribution is -2.20. The first kappa shape index (κ1) is 11.6. The maximum absolute atomic E-state index is 11.7. The number of rotatable bonds is 3. The third-order valence-electron chi connectivity index (χ3n) is 2.64. The van der Waals surface area contributed by atoms with E-state index >= 15 is 0 Å². The van der Waals surface area contributed by atoms with Gasteiger partial charge in [-0.3, -0.25) is 9.48 Å². The van der Waals surface area contributed by atoms with Gasteiger partial charge in [-0.1, -0.05) is 0 Å². The third-order valence-corrected chi connectivity index (χ3v) is 2.64. The van der Waals surface area contributed by atoms with E-state index in [4.69, 9.17) is 10.00 Å². The second-order valence-corrected chi connectivity index (χ2v) is 4.06. The number of aryl methyl sites for hydroxylation is 1. The summed E-state index contributed by atoms with van der Waals surface area (Å²) >= 11 is 0. The number of carbonyl (C=O) groups is 1. The van der Waals surface area contributed by atoms with Crippen LogP contribution in [0, 0.1) is 11.3 Å². The lowest BCUT2D eigenvalue weighted by atomic mass is 10.2.